The van der Waals surface area contributed by atoms with E-state index in [1.165, 1.54) is 27.7 Å². The number of benzene rings is 1. The molecular formula is C15H19IN2. The van der Waals surface area contributed by atoms with E-state index in [9.17, 15) is 0 Å². The standard InChI is InChI=1S/C15H19IN2/c1-12-15(16)13(2)18(17-12)11-7-6-10-14-8-4-3-5-9-14/h3-5,8-9H,6-7,10-11H2,1-2H3. The van der Waals surface area contributed by atoms with Crippen LogP contribution < -0.4 is 0 Å². The summed E-state index contributed by atoms with van der Waals surface area (Å²) in [5.41, 5.74) is 3.88. The highest BCUT2D eigenvalue weighted by molar-refractivity contribution is 14.1. The molecule has 3 heteroatoms. The third-order valence-electron chi connectivity index (χ3n) is 3.22. The number of hydrogen-bond acceptors (Lipinski definition) is 1. The van der Waals surface area contributed by atoms with Crippen molar-refractivity contribution in [3.63, 3.8) is 0 Å². The van der Waals surface area contributed by atoms with Crippen molar-refractivity contribution >= 4 is 22.6 Å². The van der Waals surface area contributed by atoms with Crippen molar-refractivity contribution in [3.8, 4) is 0 Å². The molecular weight excluding hydrogens is 335 g/mol. The van der Waals surface area contributed by atoms with Gasteiger partial charge in [-0.15, -0.1) is 0 Å². The van der Waals surface area contributed by atoms with Gasteiger partial charge in [0.15, 0.2) is 0 Å². The molecule has 0 saturated heterocycles. The largest absolute Gasteiger partial charge is 0.269 e. The van der Waals surface area contributed by atoms with Crippen LogP contribution >= 0.6 is 22.6 Å². The minimum atomic E-state index is 1.03. The predicted octanol–water partition coefficient (Wildman–Crippen LogP) is 4.13. The van der Waals surface area contributed by atoms with Crippen molar-refractivity contribution in [2.45, 2.75) is 39.7 Å². The average molecular weight is 354 g/mol. The van der Waals surface area contributed by atoms with Crippen LogP contribution in [-0.2, 0) is 13.0 Å². The number of halogens is 1. The van der Waals surface area contributed by atoms with Gasteiger partial charge < -0.3 is 0 Å². The summed E-state index contributed by atoms with van der Waals surface area (Å²) in [5, 5.41) is 4.56. The predicted molar refractivity (Wildman–Crippen MR) is 83.8 cm³/mol. The number of hydrogen-bond donors (Lipinski definition) is 0. The van der Waals surface area contributed by atoms with E-state index in [1.807, 2.05) is 0 Å². The Hall–Kier alpha value is -0.840. The van der Waals surface area contributed by atoms with Crippen LogP contribution in [0.3, 0.4) is 0 Å². The molecule has 2 aromatic rings. The topological polar surface area (TPSA) is 17.8 Å². The molecule has 0 atom stereocenters. The van der Waals surface area contributed by atoms with Crippen molar-refractivity contribution in [1.29, 1.82) is 0 Å². The molecule has 0 aliphatic heterocycles. The van der Waals surface area contributed by atoms with Crippen molar-refractivity contribution < 1.29 is 0 Å². The smallest absolute Gasteiger partial charge is 0.0729 e. The molecule has 1 aromatic heterocycles. The maximum absolute atomic E-state index is 4.56. The van der Waals surface area contributed by atoms with Crippen LogP contribution in [0.4, 0.5) is 0 Å². The molecule has 0 saturated carbocycles. The third kappa shape index (κ3) is 3.34. The van der Waals surface area contributed by atoms with Gasteiger partial charge in [-0.2, -0.15) is 5.10 Å². The van der Waals surface area contributed by atoms with Crippen LogP contribution in [0.5, 0.6) is 0 Å². The first-order valence-corrected chi connectivity index (χ1v) is 7.50. The first-order valence-electron chi connectivity index (χ1n) is 6.42. The molecule has 2 rings (SSSR count). The van der Waals surface area contributed by atoms with Gasteiger partial charge in [0.05, 0.1) is 9.26 Å². The van der Waals surface area contributed by atoms with Crippen LogP contribution in [0.2, 0.25) is 0 Å². The van der Waals surface area contributed by atoms with Gasteiger partial charge in [-0.05, 0) is 61.3 Å². The second kappa shape index (κ2) is 6.36. The fourth-order valence-corrected chi connectivity index (χ4v) is 2.51. The normalized spacial score (nSPS) is 10.8. The molecule has 0 aliphatic rings. The average Bonchev–Trinajstić information content (AvgIpc) is 2.64. The zero-order valence-corrected chi connectivity index (χ0v) is 13.1. The van der Waals surface area contributed by atoms with E-state index in [0.717, 1.165) is 18.7 Å². The molecule has 0 amide bonds. The Labute approximate surface area is 123 Å². The summed E-state index contributed by atoms with van der Waals surface area (Å²) >= 11 is 2.38. The highest BCUT2D eigenvalue weighted by Crippen LogP contribution is 2.16. The summed E-state index contributed by atoms with van der Waals surface area (Å²) in [4.78, 5) is 0. The van der Waals surface area contributed by atoms with E-state index >= 15 is 0 Å². The fraction of sp³-hybridized carbons (Fsp3) is 0.400. The van der Waals surface area contributed by atoms with Gasteiger partial charge in [-0.1, -0.05) is 30.3 Å². The van der Waals surface area contributed by atoms with E-state index in [0.29, 0.717) is 0 Å². The van der Waals surface area contributed by atoms with Crippen molar-refractivity contribution in [2.24, 2.45) is 0 Å². The van der Waals surface area contributed by atoms with Gasteiger partial charge in [0, 0.05) is 12.2 Å². The lowest BCUT2D eigenvalue weighted by Crippen LogP contribution is -2.03. The summed E-state index contributed by atoms with van der Waals surface area (Å²) in [7, 11) is 0. The molecule has 18 heavy (non-hydrogen) atoms. The molecule has 1 aromatic carbocycles. The number of unbranched alkanes of at least 4 members (excludes halogenated alkanes) is 1. The van der Waals surface area contributed by atoms with Gasteiger partial charge in [0.2, 0.25) is 0 Å². The summed E-state index contributed by atoms with van der Waals surface area (Å²) < 4.78 is 3.44. The van der Waals surface area contributed by atoms with Crippen LogP contribution in [0.25, 0.3) is 0 Å². The molecule has 1 heterocycles. The lowest BCUT2D eigenvalue weighted by Gasteiger charge is -2.04. The molecule has 0 fully saturated rings. The van der Waals surface area contributed by atoms with E-state index in [2.05, 4.69) is 76.6 Å². The van der Waals surface area contributed by atoms with Crippen LogP contribution in [0.15, 0.2) is 30.3 Å². The number of nitrogens with zero attached hydrogens (tertiary/aromatic N) is 2. The maximum Gasteiger partial charge on any atom is 0.0729 e. The quantitative estimate of drug-likeness (QED) is 0.583. The maximum atomic E-state index is 4.56. The molecule has 96 valence electrons. The van der Waals surface area contributed by atoms with Crippen molar-refractivity contribution in [1.82, 2.24) is 9.78 Å². The third-order valence-corrected chi connectivity index (χ3v) is 4.78. The molecule has 0 bridgehead atoms. The molecule has 2 nitrogen and oxygen atoms in total. The van der Waals surface area contributed by atoms with Crippen molar-refractivity contribution in [3.05, 3.63) is 50.9 Å². The Morgan fingerprint density at radius 2 is 1.83 bits per heavy atom. The molecule has 0 unspecified atom stereocenters. The van der Waals surface area contributed by atoms with E-state index in [-0.39, 0.29) is 0 Å². The highest BCUT2D eigenvalue weighted by Gasteiger charge is 2.07. The molecule has 0 N–H and O–H groups in total. The fourth-order valence-electron chi connectivity index (χ4n) is 2.13. The first-order chi connectivity index (χ1) is 8.68. The molecule has 0 spiro atoms. The van der Waals surface area contributed by atoms with Crippen LogP contribution in [0, 0.1) is 17.4 Å². The summed E-state index contributed by atoms with van der Waals surface area (Å²) in [6, 6.07) is 10.7. The van der Waals surface area contributed by atoms with Gasteiger partial charge in [-0.3, -0.25) is 4.68 Å². The van der Waals surface area contributed by atoms with E-state index in [4.69, 9.17) is 0 Å². The zero-order chi connectivity index (χ0) is 13.0. The first kappa shape index (κ1) is 13.6. The van der Waals surface area contributed by atoms with Crippen LogP contribution in [0.1, 0.15) is 29.8 Å². The Bertz CT molecular complexity index is 503. The summed E-state index contributed by atoms with van der Waals surface area (Å²) in [5.74, 6) is 0. The van der Waals surface area contributed by atoms with Gasteiger partial charge >= 0.3 is 0 Å². The Kier molecular flexibility index (Phi) is 4.80. The molecule has 0 aliphatic carbocycles. The highest BCUT2D eigenvalue weighted by atomic mass is 127. The van der Waals surface area contributed by atoms with Gasteiger partial charge in [0.25, 0.3) is 0 Å². The van der Waals surface area contributed by atoms with Crippen molar-refractivity contribution in [2.75, 3.05) is 0 Å². The Morgan fingerprint density at radius 1 is 1.11 bits per heavy atom. The summed E-state index contributed by atoms with van der Waals surface area (Å²) in [6.07, 6.45) is 3.57. The second-order valence-electron chi connectivity index (χ2n) is 4.65. The molecule has 0 radical (unpaired) electrons. The SMILES string of the molecule is Cc1nn(CCCCc2ccccc2)c(C)c1I. The summed E-state index contributed by atoms with van der Waals surface area (Å²) in [6.45, 7) is 5.26. The van der Waals surface area contributed by atoms with Crippen LogP contribution in [-0.4, -0.2) is 9.78 Å². The van der Waals surface area contributed by atoms with E-state index < -0.39 is 0 Å². The second-order valence-corrected chi connectivity index (χ2v) is 5.73. The monoisotopic (exact) mass is 354 g/mol. The Balaban J connectivity index is 1.80. The minimum absolute atomic E-state index is 1.03. The zero-order valence-electron chi connectivity index (χ0n) is 11.0. The Morgan fingerprint density at radius 3 is 2.44 bits per heavy atom. The van der Waals surface area contributed by atoms with Gasteiger partial charge in [-0.25, -0.2) is 0 Å². The number of aryl methyl sites for hydroxylation is 3. The lowest BCUT2D eigenvalue weighted by molar-refractivity contribution is 0.543. The van der Waals surface area contributed by atoms with E-state index in [1.54, 1.807) is 0 Å². The minimum Gasteiger partial charge on any atom is -0.269 e. The lowest BCUT2D eigenvalue weighted by atomic mass is 10.1. The van der Waals surface area contributed by atoms with Gasteiger partial charge in [0.1, 0.15) is 0 Å². The number of aromatic nitrogens is 2. The number of rotatable bonds is 5.